The zero-order valence-corrected chi connectivity index (χ0v) is 15.9. The van der Waals surface area contributed by atoms with Gasteiger partial charge in [0.15, 0.2) is 0 Å². The zero-order valence-electron chi connectivity index (χ0n) is 15.1. The van der Waals surface area contributed by atoms with Gasteiger partial charge >= 0.3 is 5.97 Å². The number of esters is 1. The molecule has 1 N–H and O–H groups in total. The van der Waals surface area contributed by atoms with E-state index in [4.69, 9.17) is 4.74 Å². The topological polar surface area (TPSA) is 82.4 Å². The van der Waals surface area contributed by atoms with Gasteiger partial charge < -0.3 is 10.1 Å². The molecule has 1 atom stereocenters. The second-order valence-electron chi connectivity index (χ2n) is 6.27. The number of hydrogen-bond donors (Lipinski definition) is 1. The number of nitrogens with zero attached hydrogens (tertiary/aromatic N) is 2. The van der Waals surface area contributed by atoms with E-state index in [-0.39, 0.29) is 18.4 Å². The molecule has 0 aliphatic heterocycles. The van der Waals surface area contributed by atoms with Gasteiger partial charge in [-0.15, -0.1) is 11.3 Å². The van der Waals surface area contributed by atoms with Crippen molar-refractivity contribution in [3.05, 3.63) is 16.0 Å². The number of rotatable bonds is 6. The van der Waals surface area contributed by atoms with E-state index in [1.807, 2.05) is 0 Å². The summed E-state index contributed by atoms with van der Waals surface area (Å²) in [6, 6.07) is 1.76. The monoisotopic (exact) mass is 363 g/mol. The summed E-state index contributed by atoms with van der Waals surface area (Å²) in [4.78, 5) is 27.0. The Hall–Kier alpha value is -1.91. The second-order valence-corrected chi connectivity index (χ2v) is 7.37. The quantitative estimate of drug-likeness (QED) is 0.621. The molecule has 0 saturated carbocycles. The largest absolute Gasteiger partial charge is 0.465 e. The Balaban J connectivity index is 2.07. The highest BCUT2D eigenvalue weighted by Crippen LogP contribution is 2.37. The summed E-state index contributed by atoms with van der Waals surface area (Å²) in [7, 11) is 1.70. The average Bonchev–Trinajstić information content (AvgIpc) is 2.74. The molecule has 1 heterocycles. The number of carbonyl (C=O) groups excluding carboxylic acids is 2. The highest BCUT2D eigenvalue weighted by Gasteiger charge is 2.25. The van der Waals surface area contributed by atoms with Gasteiger partial charge in [-0.1, -0.05) is 6.42 Å². The molecule has 1 aliphatic carbocycles. The van der Waals surface area contributed by atoms with E-state index in [0.29, 0.717) is 17.2 Å². The predicted molar refractivity (Wildman–Crippen MR) is 97.6 cm³/mol. The van der Waals surface area contributed by atoms with Crippen LogP contribution < -0.4 is 5.32 Å². The molecule has 7 heteroatoms. The number of ether oxygens (including phenoxy) is 1. The van der Waals surface area contributed by atoms with Gasteiger partial charge in [-0.2, -0.15) is 5.26 Å². The van der Waals surface area contributed by atoms with Crippen molar-refractivity contribution in [1.29, 1.82) is 5.26 Å². The number of anilines is 1. The van der Waals surface area contributed by atoms with Gasteiger partial charge in [0.1, 0.15) is 11.1 Å². The first-order valence-electron chi connectivity index (χ1n) is 8.69. The molecule has 0 fully saturated rings. The van der Waals surface area contributed by atoms with Crippen molar-refractivity contribution < 1.29 is 14.3 Å². The van der Waals surface area contributed by atoms with Crippen LogP contribution in [0.25, 0.3) is 0 Å². The Morgan fingerprint density at radius 3 is 2.76 bits per heavy atom. The smallest absolute Gasteiger partial charge is 0.320 e. The molecule has 1 aliphatic rings. The van der Waals surface area contributed by atoms with Crippen molar-refractivity contribution in [3.63, 3.8) is 0 Å². The Morgan fingerprint density at radius 1 is 1.36 bits per heavy atom. The van der Waals surface area contributed by atoms with Gasteiger partial charge in [0.2, 0.25) is 5.91 Å². The third-order valence-corrected chi connectivity index (χ3v) is 5.70. The summed E-state index contributed by atoms with van der Waals surface area (Å²) in [5.74, 6) is -0.579. The molecule has 1 amide bonds. The number of likely N-dealkylation sites (N-methyl/N-ethyl adjacent to an activating group) is 1. The van der Waals surface area contributed by atoms with E-state index in [1.165, 1.54) is 22.6 Å². The summed E-state index contributed by atoms with van der Waals surface area (Å²) in [5, 5.41) is 13.1. The highest BCUT2D eigenvalue weighted by atomic mass is 32.1. The maximum Gasteiger partial charge on any atom is 0.320 e. The Bertz CT molecular complexity index is 678. The van der Waals surface area contributed by atoms with Gasteiger partial charge in [-0.3, -0.25) is 14.5 Å². The van der Waals surface area contributed by atoms with Crippen LogP contribution in [0.4, 0.5) is 5.00 Å². The molecule has 25 heavy (non-hydrogen) atoms. The van der Waals surface area contributed by atoms with Crippen LogP contribution in [0.2, 0.25) is 0 Å². The third-order valence-electron chi connectivity index (χ3n) is 4.49. The minimum atomic E-state index is -0.502. The highest BCUT2D eigenvalue weighted by molar-refractivity contribution is 7.16. The van der Waals surface area contributed by atoms with Crippen LogP contribution in [-0.4, -0.2) is 43.0 Å². The van der Waals surface area contributed by atoms with Crippen molar-refractivity contribution in [3.8, 4) is 6.07 Å². The second kappa shape index (κ2) is 8.97. The lowest BCUT2D eigenvalue weighted by atomic mass is 10.1. The van der Waals surface area contributed by atoms with Gasteiger partial charge in [0.05, 0.1) is 24.8 Å². The molecule has 1 aromatic heterocycles. The molecule has 0 radical (unpaired) electrons. The summed E-state index contributed by atoms with van der Waals surface area (Å²) in [5.41, 5.74) is 1.71. The molecule has 0 spiro atoms. The number of aryl methyl sites for hydroxylation is 1. The van der Waals surface area contributed by atoms with E-state index in [2.05, 4.69) is 11.4 Å². The normalized spacial score (nSPS) is 15.0. The maximum atomic E-state index is 12.5. The first-order valence-corrected chi connectivity index (χ1v) is 9.50. The standard InChI is InChI=1S/C18H25N3O3S/c1-4-24-16(22)11-21(3)12(2)17(23)20-18-14(10-19)13-8-6-5-7-9-15(13)25-18/h12H,4-9,11H2,1-3H3,(H,20,23). The molecule has 136 valence electrons. The van der Waals surface area contributed by atoms with E-state index < -0.39 is 6.04 Å². The van der Waals surface area contributed by atoms with E-state index in [1.54, 1.807) is 25.8 Å². The molecular weight excluding hydrogens is 338 g/mol. The SMILES string of the molecule is CCOC(=O)CN(C)C(C)C(=O)Nc1sc2c(c1C#N)CCCCC2. The Kier molecular flexibility index (Phi) is 6.97. The van der Waals surface area contributed by atoms with Crippen molar-refractivity contribution in [2.75, 3.05) is 25.5 Å². The van der Waals surface area contributed by atoms with E-state index in [0.717, 1.165) is 31.2 Å². The molecular formula is C18H25N3O3S. The lowest BCUT2D eigenvalue weighted by Gasteiger charge is -2.22. The lowest BCUT2D eigenvalue weighted by Crippen LogP contribution is -2.42. The van der Waals surface area contributed by atoms with Crippen molar-refractivity contribution in [1.82, 2.24) is 4.90 Å². The molecule has 0 saturated heterocycles. The maximum absolute atomic E-state index is 12.5. The van der Waals surface area contributed by atoms with Crippen LogP contribution >= 0.6 is 11.3 Å². The summed E-state index contributed by atoms with van der Waals surface area (Å²) >= 11 is 1.51. The van der Waals surface area contributed by atoms with Crippen molar-refractivity contribution in [2.24, 2.45) is 0 Å². The molecule has 0 bridgehead atoms. The van der Waals surface area contributed by atoms with Crippen LogP contribution in [0.1, 0.15) is 49.1 Å². The molecule has 1 unspecified atom stereocenters. The summed E-state index contributed by atoms with van der Waals surface area (Å²) in [6.45, 7) is 3.85. The van der Waals surface area contributed by atoms with Crippen LogP contribution in [0, 0.1) is 11.3 Å². The minimum Gasteiger partial charge on any atom is -0.465 e. The number of nitriles is 1. The van der Waals surface area contributed by atoms with Gasteiger partial charge in [-0.25, -0.2) is 0 Å². The average molecular weight is 363 g/mol. The Labute approximate surface area is 152 Å². The van der Waals surface area contributed by atoms with Gasteiger partial charge in [-0.05, 0) is 52.1 Å². The molecule has 2 rings (SSSR count). The molecule has 6 nitrogen and oxygen atoms in total. The van der Waals surface area contributed by atoms with Crippen LogP contribution in [-0.2, 0) is 27.2 Å². The Morgan fingerprint density at radius 2 is 2.08 bits per heavy atom. The first-order chi connectivity index (χ1) is 12.0. The molecule has 1 aromatic rings. The van der Waals surface area contributed by atoms with Crippen LogP contribution in [0.3, 0.4) is 0 Å². The number of amides is 1. The first kappa shape index (κ1) is 19.4. The third kappa shape index (κ3) is 4.80. The fourth-order valence-corrected chi connectivity index (χ4v) is 4.16. The van der Waals surface area contributed by atoms with Gasteiger partial charge in [0, 0.05) is 4.88 Å². The number of nitrogens with one attached hydrogen (secondary N) is 1. The fourth-order valence-electron chi connectivity index (χ4n) is 2.91. The number of carbonyl (C=O) groups is 2. The van der Waals surface area contributed by atoms with Crippen molar-refractivity contribution in [2.45, 2.75) is 52.0 Å². The van der Waals surface area contributed by atoms with Crippen molar-refractivity contribution >= 4 is 28.2 Å². The zero-order chi connectivity index (χ0) is 18.4. The number of hydrogen-bond acceptors (Lipinski definition) is 6. The van der Waals surface area contributed by atoms with Gasteiger partial charge in [0.25, 0.3) is 0 Å². The van der Waals surface area contributed by atoms with Crippen LogP contribution in [0.15, 0.2) is 0 Å². The lowest BCUT2D eigenvalue weighted by molar-refractivity contribution is -0.144. The minimum absolute atomic E-state index is 0.0501. The summed E-state index contributed by atoms with van der Waals surface area (Å²) < 4.78 is 4.91. The number of thiophene rings is 1. The predicted octanol–water partition coefficient (Wildman–Crippen LogP) is 2.71. The van der Waals surface area contributed by atoms with E-state index in [9.17, 15) is 14.9 Å². The molecule has 0 aromatic carbocycles. The van der Waals surface area contributed by atoms with E-state index >= 15 is 0 Å². The van der Waals surface area contributed by atoms with Crippen LogP contribution in [0.5, 0.6) is 0 Å². The fraction of sp³-hybridized carbons (Fsp3) is 0.611. The number of fused-ring (bicyclic) bond motifs is 1. The summed E-state index contributed by atoms with van der Waals surface area (Å²) in [6.07, 6.45) is 5.28.